The zero-order valence-electron chi connectivity index (χ0n) is 14.2. The lowest BCUT2D eigenvalue weighted by molar-refractivity contribution is 0.419. The molecule has 134 valence electrons. The number of halogens is 1. The summed E-state index contributed by atoms with van der Waals surface area (Å²) in [6, 6.07) is 7.21. The Hall–Kier alpha value is -3.53. The van der Waals surface area contributed by atoms with Crippen molar-refractivity contribution in [2.75, 3.05) is 7.11 Å². The van der Waals surface area contributed by atoms with Gasteiger partial charge >= 0.3 is 0 Å². The van der Waals surface area contributed by atoms with Gasteiger partial charge in [0, 0.05) is 18.5 Å². The summed E-state index contributed by atoms with van der Waals surface area (Å²) in [6.07, 6.45) is 1.60. The van der Waals surface area contributed by atoms with Crippen molar-refractivity contribution in [3.63, 3.8) is 0 Å². The van der Waals surface area contributed by atoms with Crippen LogP contribution in [0, 0.1) is 0 Å². The van der Waals surface area contributed by atoms with Crippen molar-refractivity contribution in [2.45, 2.75) is 0 Å². The van der Waals surface area contributed by atoms with E-state index >= 15 is 0 Å². The molecule has 5 aromatic rings. The molecular formula is C16H11ClN8O2. The number of nitrogens with zero attached hydrogens (tertiary/aromatic N) is 8. The molecule has 0 N–H and O–H groups in total. The first-order valence-electron chi connectivity index (χ1n) is 7.86. The maximum Gasteiger partial charge on any atom is 0.226 e. The van der Waals surface area contributed by atoms with Crippen LogP contribution in [-0.4, -0.2) is 46.8 Å². The first-order valence-corrected chi connectivity index (χ1v) is 8.24. The predicted octanol–water partition coefficient (Wildman–Crippen LogP) is 2.39. The molecule has 4 heterocycles. The number of rotatable bonds is 3. The highest BCUT2D eigenvalue weighted by Crippen LogP contribution is 2.35. The summed E-state index contributed by atoms with van der Waals surface area (Å²) in [5.74, 6) is 1.62. The molecule has 4 aromatic heterocycles. The number of ether oxygens (including phenoxy) is 1. The molecule has 0 unspecified atom stereocenters. The Kier molecular flexibility index (Phi) is 3.34. The van der Waals surface area contributed by atoms with E-state index in [9.17, 15) is 0 Å². The summed E-state index contributed by atoms with van der Waals surface area (Å²) in [6.45, 7) is 0. The van der Waals surface area contributed by atoms with E-state index < -0.39 is 0 Å². The molecule has 0 radical (unpaired) electrons. The Bertz CT molecular complexity index is 1300. The van der Waals surface area contributed by atoms with Gasteiger partial charge < -0.3 is 13.8 Å². The average molecular weight is 383 g/mol. The van der Waals surface area contributed by atoms with Crippen LogP contribution >= 0.6 is 11.6 Å². The molecule has 10 nitrogen and oxygen atoms in total. The van der Waals surface area contributed by atoms with Crippen LogP contribution in [-0.2, 0) is 7.05 Å². The van der Waals surface area contributed by atoms with E-state index in [1.807, 2.05) is 25.2 Å². The maximum absolute atomic E-state index is 5.85. The van der Waals surface area contributed by atoms with Crippen LogP contribution < -0.4 is 4.74 Å². The molecule has 0 aliphatic heterocycles. The van der Waals surface area contributed by atoms with Crippen molar-refractivity contribution < 1.29 is 9.26 Å². The van der Waals surface area contributed by atoms with Crippen LogP contribution in [0.5, 0.6) is 5.75 Å². The van der Waals surface area contributed by atoms with Crippen molar-refractivity contribution in [2.24, 2.45) is 7.05 Å². The molecule has 0 fully saturated rings. The lowest BCUT2D eigenvalue weighted by Crippen LogP contribution is -2.03. The molecule has 0 spiro atoms. The van der Waals surface area contributed by atoms with Gasteiger partial charge in [0.1, 0.15) is 17.8 Å². The summed E-state index contributed by atoms with van der Waals surface area (Å²) in [5, 5.41) is 27.0. The molecule has 11 heteroatoms. The summed E-state index contributed by atoms with van der Waals surface area (Å²) < 4.78 is 13.9. The highest BCUT2D eigenvalue weighted by Gasteiger charge is 2.22. The molecule has 27 heavy (non-hydrogen) atoms. The van der Waals surface area contributed by atoms with Gasteiger partial charge in [-0.15, -0.1) is 20.4 Å². The fourth-order valence-corrected chi connectivity index (χ4v) is 3.13. The van der Waals surface area contributed by atoms with Gasteiger partial charge in [0.25, 0.3) is 0 Å². The summed E-state index contributed by atoms with van der Waals surface area (Å²) in [7, 11) is 3.44. The quantitative estimate of drug-likeness (QED) is 0.468. The van der Waals surface area contributed by atoms with E-state index in [1.54, 1.807) is 28.6 Å². The summed E-state index contributed by atoms with van der Waals surface area (Å²) >= 11 is 5.85. The van der Waals surface area contributed by atoms with Gasteiger partial charge in [0.05, 0.1) is 12.5 Å². The second-order valence-corrected chi connectivity index (χ2v) is 6.14. The molecule has 0 saturated heterocycles. The smallest absolute Gasteiger partial charge is 0.226 e. The lowest BCUT2D eigenvalue weighted by Gasteiger charge is -2.10. The van der Waals surface area contributed by atoms with Gasteiger partial charge in [-0.3, -0.25) is 0 Å². The van der Waals surface area contributed by atoms with E-state index in [4.69, 9.17) is 26.0 Å². The van der Waals surface area contributed by atoms with Crippen molar-refractivity contribution >= 4 is 28.0 Å². The van der Waals surface area contributed by atoms with Gasteiger partial charge in [-0.1, -0.05) is 17.3 Å². The SMILES string of the molecule is COc1cccc2c1c(-c1nncn1C)nn1c(-c3cc(Cl)on3)nnc21. The van der Waals surface area contributed by atoms with Crippen LogP contribution in [0.1, 0.15) is 0 Å². The number of benzene rings is 1. The average Bonchev–Trinajstić information content (AvgIpc) is 3.39. The van der Waals surface area contributed by atoms with Crippen molar-refractivity contribution in [1.29, 1.82) is 0 Å². The Morgan fingerprint density at radius 3 is 2.74 bits per heavy atom. The normalized spacial score (nSPS) is 11.5. The molecule has 0 bridgehead atoms. The van der Waals surface area contributed by atoms with Crippen LogP contribution in [0.25, 0.3) is 39.5 Å². The van der Waals surface area contributed by atoms with E-state index in [-0.39, 0.29) is 5.22 Å². The Balaban J connectivity index is 1.94. The highest BCUT2D eigenvalue weighted by molar-refractivity contribution is 6.29. The van der Waals surface area contributed by atoms with Gasteiger partial charge in [-0.25, -0.2) is 0 Å². The molecule has 0 atom stereocenters. The second-order valence-electron chi connectivity index (χ2n) is 5.77. The number of methoxy groups -OCH3 is 1. The molecule has 0 amide bonds. The zero-order chi connectivity index (χ0) is 18.5. The van der Waals surface area contributed by atoms with Gasteiger partial charge in [0.2, 0.25) is 11.0 Å². The zero-order valence-corrected chi connectivity index (χ0v) is 14.9. The highest BCUT2D eigenvalue weighted by atomic mass is 35.5. The third-order valence-electron chi connectivity index (χ3n) is 4.20. The third kappa shape index (κ3) is 2.27. The van der Waals surface area contributed by atoms with Crippen LogP contribution in [0.3, 0.4) is 0 Å². The topological polar surface area (TPSA) is 109 Å². The van der Waals surface area contributed by atoms with Crippen LogP contribution in [0.2, 0.25) is 5.22 Å². The van der Waals surface area contributed by atoms with E-state index in [0.29, 0.717) is 34.4 Å². The molecule has 0 aliphatic rings. The number of aromatic nitrogens is 8. The number of fused-ring (bicyclic) bond motifs is 3. The minimum atomic E-state index is 0.151. The summed E-state index contributed by atoms with van der Waals surface area (Å²) in [5.41, 5.74) is 1.54. The number of hydrogen-bond acceptors (Lipinski definition) is 8. The Morgan fingerprint density at radius 1 is 1.15 bits per heavy atom. The minimum absolute atomic E-state index is 0.151. The molecule has 0 saturated carbocycles. The van der Waals surface area contributed by atoms with E-state index in [1.165, 1.54) is 0 Å². The second kappa shape index (κ2) is 5.74. The van der Waals surface area contributed by atoms with E-state index in [2.05, 4.69) is 25.6 Å². The van der Waals surface area contributed by atoms with Gasteiger partial charge in [0.15, 0.2) is 17.2 Å². The van der Waals surface area contributed by atoms with Crippen molar-refractivity contribution in [1.82, 2.24) is 39.7 Å². The lowest BCUT2D eigenvalue weighted by atomic mass is 10.1. The predicted molar refractivity (Wildman–Crippen MR) is 95.3 cm³/mol. The van der Waals surface area contributed by atoms with Crippen LogP contribution in [0.4, 0.5) is 0 Å². The maximum atomic E-state index is 5.85. The first-order chi connectivity index (χ1) is 13.2. The number of aryl methyl sites for hydroxylation is 1. The summed E-state index contributed by atoms with van der Waals surface area (Å²) in [4.78, 5) is 0. The fourth-order valence-electron chi connectivity index (χ4n) is 3.00. The standard InChI is InChI=1S/C16H11ClN8O2/c1-24-7-18-19-16(24)13-12-8(4-3-5-10(12)26-2)14-20-21-15(25(14)22-13)9-6-11(17)27-23-9/h3-7H,1-2H3. The van der Waals surface area contributed by atoms with Gasteiger partial charge in [-0.2, -0.15) is 9.61 Å². The van der Waals surface area contributed by atoms with Gasteiger partial charge in [-0.05, 0) is 17.7 Å². The Morgan fingerprint density at radius 2 is 2.04 bits per heavy atom. The third-order valence-corrected chi connectivity index (χ3v) is 4.38. The van der Waals surface area contributed by atoms with Crippen molar-refractivity contribution in [3.8, 4) is 28.8 Å². The first kappa shape index (κ1) is 15.7. The van der Waals surface area contributed by atoms with Crippen molar-refractivity contribution in [3.05, 3.63) is 35.8 Å². The fraction of sp³-hybridized carbons (Fsp3) is 0.125. The molecular weight excluding hydrogens is 372 g/mol. The van der Waals surface area contributed by atoms with Crippen LogP contribution in [0.15, 0.2) is 35.1 Å². The largest absolute Gasteiger partial charge is 0.496 e. The van der Waals surface area contributed by atoms with E-state index in [0.717, 1.165) is 10.8 Å². The number of hydrogen-bond donors (Lipinski definition) is 0. The monoisotopic (exact) mass is 382 g/mol. The molecule has 0 aliphatic carbocycles. The minimum Gasteiger partial charge on any atom is -0.496 e. The Labute approximate surface area is 156 Å². The molecule has 5 rings (SSSR count). The molecule has 1 aromatic carbocycles.